The van der Waals surface area contributed by atoms with E-state index in [4.69, 9.17) is 5.73 Å². The number of benzene rings is 1. The first-order valence-corrected chi connectivity index (χ1v) is 5.04. The van der Waals surface area contributed by atoms with Crippen molar-refractivity contribution in [2.24, 2.45) is 5.73 Å². The highest BCUT2D eigenvalue weighted by atomic mass is 19.4. The van der Waals surface area contributed by atoms with Crippen molar-refractivity contribution in [1.29, 1.82) is 0 Å². The molecule has 1 rings (SSSR count). The number of alkyl halides is 3. The molecule has 1 atom stereocenters. The molecule has 0 heterocycles. The number of ether oxygens (including phenoxy) is 1. The first-order chi connectivity index (χ1) is 7.44. The van der Waals surface area contributed by atoms with Gasteiger partial charge in [0.1, 0.15) is 5.75 Å². The van der Waals surface area contributed by atoms with Crippen LogP contribution >= 0.6 is 0 Å². The average molecular weight is 233 g/mol. The summed E-state index contributed by atoms with van der Waals surface area (Å²) in [5, 5.41) is 0. The van der Waals surface area contributed by atoms with Gasteiger partial charge in [0.15, 0.2) is 0 Å². The minimum absolute atomic E-state index is 0.212. The van der Waals surface area contributed by atoms with Crippen LogP contribution in [0.5, 0.6) is 5.75 Å². The van der Waals surface area contributed by atoms with Crippen LogP contribution in [0.25, 0.3) is 0 Å². The van der Waals surface area contributed by atoms with Gasteiger partial charge < -0.3 is 10.5 Å². The second-order valence-electron chi connectivity index (χ2n) is 3.48. The molecule has 1 aromatic carbocycles. The van der Waals surface area contributed by atoms with Gasteiger partial charge in [-0.2, -0.15) is 0 Å². The van der Waals surface area contributed by atoms with Gasteiger partial charge in [-0.05, 0) is 12.5 Å². The van der Waals surface area contributed by atoms with Gasteiger partial charge in [0.2, 0.25) is 0 Å². The topological polar surface area (TPSA) is 35.2 Å². The predicted octanol–water partition coefficient (Wildman–Crippen LogP) is 3.39. The van der Waals surface area contributed by atoms with Gasteiger partial charge in [-0.3, -0.25) is 0 Å². The number of rotatable bonds is 4. The molecule has 2 N–H and O–H groups in total. The molecule has 0 saturated heterocycles. The molecule has 0 aromatic heterocycles. The molecule has 2 nitrogen and oxygen atoms in total. The Morgan fingerprint density at radius 3 is 2.50 bits per heavy atom. The Morgan fingerprint density at radius 1 is 1.31 bits per heavy atom. The zero-order valence-corrected chi connectivity index (χ0v) is 8.92. The SMILES string of the molecule is CCC[C@H](N)c1ccccc1OC(F)(F)F. The van der Waals surface area contributed by atoms with Crippen molar-refractivity contribution in [3.63, 3.8) is 0 Å². The quantitative estimate of drug-likeness (QED) is 0.865. The van der Waals surface area contributed by atoms with Crippen LogP contribution in [0.1, 0.15) is 31.4 Å². The molecule has 90 valence electrons. The fourth-order valence-electron chi connectivity index (χ4n) is 1.47. The van der Waals surface area contributed by atoms with Crippen LogP contribution in [0.3, 0.4) is 0 Å². The van der Waals surface area contributed by atoms with Gasteiger partial charge in [0.25, 0.3) is 0 Å². The number of hydrogen-bond acceptors (Lipinski definition) is 2. The molecule has 0 amide bonds. The Bertz CT molecular complexity index is 338. The standard InChI is InChI=1S/C11H14F3NO/c1-2-5-9(15)8-6-3-4-7-10(8)16-11(12,13)14/h3-4,6-7,9H,2,5,15H2,1H3/t9-/m0/s1. The van der Waals surface area contributed by atoms with Gasteiger partial charge in [-0.15, -0.1) is 13.2 Å². The monoisotopic (exact) mass is 233 g/mol. The van der Waals surface area contributed by atoms with Crippen molar-refractivity contribution in [3.05, 3.63) is 29.8 Å². The maximum absolute atomic E-state index is 12.1. The molecule has 0 aliphatic rings. The van der Waals surface area contributed by atoms with E-state index in [1.165, 1.54) is 12.1 Å². The summed E-state index contributed by atoms with van der Waals surface area (Å²) in [4.78, 5) is 0. The van der Waals surface area contributed by atoms with E-state index in [-0.39, 0.29) is 5.75 Å². The van der Waals surface area contributed by atoms with E-state index < -0.39 is 12.4 Å². The van der Waals surface area contributed by atoms with Crippen molar-refractivity contribution >= 4 is 0 Å². The molecular weight excluding hydrogens is 219 g/mol. The smallest absolute Gasteiger partial charge is 0.405 e. The van der Waals surface area contributed by atoms with Crippen LogP contribution in [0.15, 0.2) is 24.3 Å². The minimum Gasteiger partial charge on any atom is -0.405 e. The Kier molecular flexibility index (Phi) is 4.18. The van der Waals surface area contributed by atoms with Crippen LogP contribution in [0.4, 0.5) is 13.2 Å². The second kappa shape index (κ2) is 5.21. The van der Waals surface area contributed by atoms with Gasteiger partial charge in [0.05, 0.1) is 0 Å². The largest absolute Gasteiger partial charge is 0.573 e. The molecule has 0 aliphatic heterocycles. The summed E-state index contributed by atoms with van der Waals surface area (Å²) in [5.74, 6) is -0.212. The Morgan fingerprint density at radius 2 is 1.94 bits per heavy atom. The molecule has 16 heavy (non-hydrogen) atoms. The molecule has 0 spiro atoms. The molecule has 5 heteroatoms. The molecule has 0 aliphatic carbocycles. The highest BCUT2D eigenvalue weighted by molar-refractivity contribution is 5.35. The molecule has 0 fully saturated rings. The van der Waals surface area contributed by atoms with Crippen molar-refractivity contribution < 1.29 is 17.9 Å². The third-order valence-corrected chi connectivity index (χ3v) is 2.14. The molecule has 0 saturated carbocycles. The normalized spacial score (nSPS) is 13.6. The van der Waals surface area contributed by atoms with Gasteiger partial charge in [-0.25, -0.2) is 0 Å². The van der Waals surface area contributed by atoms with Crippen LogP contribution in [-0.4, -0.2) is 6.36 Å². The van der Waals surface area contributed by atoms with E-state index in [0.717, 1.165) is 6.42 Å². The molecule has 0 bridgehead atoms. The van der Waals surface area contributed by atoms with E-state index in [2.05, 4.69) is 4.74 Å². The summed E-state index contributed by atoms with van der Waals surface area (Å²) in [6.07, 6.45) is -3.25. The average Bonchev–Trinajstić information content (AvgIpc) is 2.16. The number of halogens is 3. The first kappa shape index (κ1) is 12.8. The van der Waals surface area contributed by atoms with Crippen LogP contribution in [-0.2, 0) is 0 Å². The lowest BCUT2D eigenvalue weighted by molar-refractivity contribution is -0.275. The lowest BCUT2D eigenvalue weighted by Gasteiger charge is -2.17. The first-order valence-electron chi connectivity index (χ1n) is 5.04. The van der Waals surface area contributed by atoms with Crippen LogP contribution in [0, 0.1) is 0 Å². The maximum Gasteiger partial charge on any atom is 0.573 e. The fraction of sp³-hybridized carbons (Fsp3) is 0.455. The van der Waals surface area contributed by atoms with Gasteiger partial charge in [-0.1, -0.05) is 31.5 Å². The summed E-state index contributed by atoms with van der Waals surface area (Å²) in [7, 11) is 0. The van der Waals surface area contributed by atoms with E-state index in [1.807, 2.05) is 6.92 Å². The number of para-hydroxylation sites is 1. The van der Waals surface area contributed by atoms with Crippen molar-refractivity contribution in [2.75, 3.05) is 0 Å². The number of nitrogens with two attached hydrogens (primary N) is 1. The van der Waals surface area contributed by atoms with Crippen molar-refractivity contribution in [3.8, 4) is 5.75 Å². The highest BCUT2D eigenvalue weighted by Gasteiger charge is 2.32. The van der Waals surface area contributed by atoms with Crippen LogP contribution < -0.4 is 10.5 Å². The zero-order valence-electron chi connectivity index (χ0n) is 8.92. The van der Waals surface area contributed by atoms with E-state index in [0.29, 0.717) is 12.0 Å². The fourth-order valence-corrected chi connectivity index (χ4v) is 1.47. The maximum atomic E-state index is 12.1. The lowest BCUT2D eigenvalue weighted by atomic mass is 10.0. The molecule has 1 aromatic rings. The highest BCUT2D eigenvalue weighted by Crippen LogP contribution is 2.30. The summed E-state index contributed by atoms with van der Waals surface area (Å²) in [6, 6.07) is 5.54. The van der Waals surface area contributed by atoms with E-state index in [1.54, 1.807) is 12.1 Å². The van der Waals surface area contributed by atoms with Crippen LogP contribution in [0.2, 0.25) is 0 Å². The summed E-state index contributed by atoms with van der Waals surface area (Å²) in [6.45, 7) is 1.92. The summed E-state index contributed by atoms with van der Waals surface area (Å²) >= 11 is 0. The number of hydrogen-bond donors (Lipinski definition) is 1. The summed E-state index contributed by atoms with van der Waals surface area (Å²) in [5.41, 5.74) is 6.17. The Balaban J connectivity index is 2.91. The van der Waals surface area contributed by atoms with Crippen molar-refractivity contribution in [1.82, 2.24) is 0 Å². The third-order valence-electron chi connectivity index (χ3n) is 2.14. The Labute approximate surface area is 92.2 Å². The van der Waals surface area contributed by atoms with E-state index in [9.17, 15) is 13.2 Å². The minimum atomic E-state index is -4.68. The molecule has 0 unspecified atom stereocenters. The van der Waals surface area contributed by atoms with E-state index >= 15 is 0 Å². The molecular formula is C11H14F3NO. The zero-order chi connectivity index (χ0) is 12.2. The summed E-state index contributed by atoms with van der Waals surface area (Å²) < 4.78 is 40.2. The predicted molar refractivity (Wildman–Crippen MR) is 55.0 cm³/mol. The van der Waals surface area contributed by atoms with Gasteiger partial charge >= 0.3 is 6.36 Å². The third kappa shape index (κ3) is 3.73. The van der Waals surface area contributed by atoms with Gasteiger partial charge in [0, 0.05) is 11.6 Å². The Hall–Kier alpha value is -1.23. The lowest BCUT2D eigenvalue weighted by Crippen LogP contribution is -2.20. The van der Waals surface area contributed by atoms with Crippen molar-refractivity contribution in [2.45, 2.75) is 32.2 Å². The molecule has 0 radical (unpaired) electrons. The second-order valence-corrected chi connectivity index (χ2v) is 3.48.